The van der Waals surface area contributed by atoms with Gasteiger partial charge in [-0.05, 0) is 48.7 Å². The van der Waals surface area contributed by atoms with Gasteiger partial charge in [0.25, 0.3) is 5.91 Å². The number of carbonyl (C=O) groups excluding carboxylic acids is 3. The standard InChI is InChI=1S/C23H22ClN3O4/c24-17-5-3-4-15(12-17)13-20-23(30)27(18-6-1-2-7-19(18)31-20)14-21(28)26-10-8-16(9-11-26)22(25)29/h1-7,12-13,16H,8-11,14H2,(H2,25,29)/b20-13+. The number of hydrogen-bond donors (Lipinski definition) is 1. The molecule has 0 saturated carbocycles. The number of amides is 3. The van der Waals surface area contributed by atoms with Crippen LogP contribution >= 0.6 is 11.6 Å². The molecule has 160 valence electrons. The number of ether oxygens (including phenoxy) is 1. The van der Waals surface area contributed by atoms with E-state index in [-0.39, 0.29) is 30.0 Å². The van der Waals surface area contributed by atoms with Gasteiger partial charge in [0.2, 0.25) is 11.8 Å². The van der Waals surface area contributed by atoms with Crippen molar-refractivity contribution in [3.8, 4) is 5.75 Å². The minimum absolute atomic E-state index is 0.112. The summed E-state index contributed by atoms with van der Waals surface area (Å²) in [5, 5.41) is 0.546. The minimum atomic E-state index is -0.404. The van der Waals surface area contributed by atoms with Gasteiger partial charge in [-0.2, -0.15) is 0 Å². The molecule has 2 aromatic rings. The molecule has 2 aliphatic heterocycles. The number of nitrogens with zero attached hydrogens (tertiary/aromatic N) is 2. The minimum Gasteiger partial charge on any atom is -0.449 e. The van der Waals surface area contributed by atoms with Gasteiger partial charge in [0.15, 0.2) is 11.5 Å². The fourth-order valence-corrected chi connectivity index (χ4v) is 4.01. The Morgan fingerprint density at radius 3 is 2.58 bits per heavy atom. The number of halogens is 1. The number of carbonyl (C=O) groups is 3. The van der Waals surface area contributed by atoms with Crippen LogP contribution in [0.25, 0.3) is 6.08 Å². The summed E-state index contributed by atoms with van der Waals surface area (Å²) in [6.07, 6.45) is 2.68. The third kappa shape index (κ3) is 4.56. The van der Waals surface area contributed by atoms with E-state index in [1.807, 2.05) is 6.07 Å². The fraction of sp³-hybridized carbons (Fsp3) is 0.261. The number of para-hydroxylation sites is 2. The van der Waals surface area contributed by atoms with Crippen LogP contribution in [0.4, 0.5) is 5.69 Å². The van der Waals surface area contributed by atoms with Crippen LogP contribution in [0.15, 0.2) is 54.3 Å². The van der Waals surface area contributed by atoms with Crippen LogP contribution in [0.3, 0.4) is 0 Å². The highest BCUT2D eigenvalue weighted by atomic mass is 35.5. The van der Waals surface area contributed by atoms with Crippen LogP contribution in [-0.2, 0) is 14.4 Å². The summed E-state index contributed by atoms with van der Waals surface area (Å²) in [5.74, 6) is -0.520. The number of likely N-dealkylation sites (tertiary alicyclic amines) is 1. The normalized spacial score (nSPS) is 18.0. The number of anilines is 1. The zero-order valence-corrected chi connectivity index (χ0v) is 17.5. The molecule has 2 N–H and O–H groups in total. The van der Waals surface area contributed by atoms with Crippen molar-refractivity contribution in [2.24, 2.45) is 11.7 Å². The number of fused-ring (bicyclic) bond motifs is 1. The number of hydrogen-bond acceptors (Lipinski definition) is 4. The molecule has 3 amide bonds. The molecule has 2 aliphatic rings. The van der Waals surface area contributed by atoms with Gasteiger partial charge in [0.1, 0.15) is 6.54 Å². The van der Waals surface area contributed by atoms with Crippen LogP contribution in [-0.4, -0.2) is 42.3 Å². The lowest BCUT2D eigenvalue weighted by molar-refractivity contribution is -0.134. The number of piperidine rings is 1. The summed E-state index contributed by atoms with van der Waals surface area (Å²) in [6, 6.07) is 14.2. The van der Waals surface area contributed by atoms with Crippen LogP contribution in [0.2, 0.25) is 5.02 Å². The number of benzene rings is 2. The van der Waals surface area contributed by atoms with Gasteiger partial charge >= 0.3 is 0 Å². The second-order valence-electron chi connectivity index (χ2n) is 7.58. The third-order valence-electron chi connectivity index (χ3n) is 5.52. The van der Waals surface area contributed by atoms with Crippen molar-refractivity contribution in [3.63, 3.8) is 0 Å². The summed E-state index contributed by atoms with van der Waals surface area (Å²) in [6.45, 7) is 0.767. The average molecular weight is 440 g/mol. The van der Waals surface area contributed by atoms with Gasteiger partial charge in [-0.3, -0.25) is 19.3 Å². The SMILES string of the molecule is NC(=O)C1CCN(C(=O)CN2C(=O)/C(=C\c3cccc(Cl)c3)Oc3ccccc32)CC1. The first-order chi connectivity index (χ1) is 14.9. The van der Waals surface area contributed by atoms with Gasteiger partial charge in [-0.25, -0.2) is 0 Å². The van der Waals surface area contributed by atoms with Crippen molar-refractivity contribution in [2.75, 3.05) is 24.5 Å². The smallest absolute Gasteiger partial charge is 0.294 e. The van der Waals surface area contributed by atoms with Gasteiger partial charge in [-0.15, -0.1) is 0 Å². The molecule has 8 heteroatoms. The van der Waals surface area contributed by atoms with Crippen LogP contribution < -0.4 is 15.4 Å². The van der Waals surface area contributed by atoms with Gasteiger partial charge in [0.05, 0.1) is 5.69 Å². The Kier molecular flexibility index (Phi) is 5.95. The quantitative estimate of drug-likeness (QED) is 0.741. The lowest BCUT2D eigenvalue weighted by Crippen LogP contribution is -2.48. The van der Waals surface area contributed by atoms with Gasteiger partial charge in [0, 0.05) is 24.0 Å². The molecule has 0 aliphatic carbocycles. The number of rotatable bonds is 4. The van der Waals surface area contributed by atoms with Crippen molar-refractivity contribution in [3.05, 3.63) is 64.9 Å². The maximum atomic E-state index is 13.2. The Labute approximate surface area is 185 Å². The Morgan fingerprint density at radius 1 is 1.13 bits per heavy atom. The zero-order valence-electron chi connectivity index (χ0n) is 16.8. The molecule has 0 radical (unpaired) electrons. The first-order valence-corrected chi connectivity index (χ1v) is 10.4. The van der Waals surface area contributed by atoms with Crippen molar-refractivity contribution in [2.45, 2.75) is 12.8 Å². The first-order valence-electron chi connectivity index (χ1n) is 10.1. The average Bonchev–Trinajstić information content (AvgIpc) is 2.76. The number of primary amides is 1. The van der Waals surface area contributed by atoms with E-state index in [1.54, 1.807) is 53.4 Å². The van der Waals surface area contributed by atoms with Crippen LogP contribution in [0, 0.1) is 5.92 Å². The fourth-order valence-electron chi connectivity index (χ4n) is 3.82. The Morgan fingerprint density at radius 2 is 1.87 bits per heavy atom. The monoisotopic (exact) mass is 439 g/mol. The molecule has 0 atom stereocenters. The molecule has 2 aromatic carbocycles. The van der Waals surface area contributed by atoms with E-state index in [2.05, 4.69) is 0 Å². The molecular formula is C23H22ClN3O4. The largest absolute Gasteiger partial charge is 0.449 e. The van der Waals surface area contributed by atoms with E-state index < -0.39 is 5.91 Å². The molecule has 2 heterocycles. The zero-order chi connectivity index (χ0) is 22.0. The van der Waals surface area contributed by atoms with Crippen LogP contribution in [0.1, 0.15) is 18.4 Å². The second-order valence-corrected chi connectivity index (χ2v) is 8.02. The summed E-state index contributed by atoms with van der Waals surface area (Å²) < 4.78 is 5.84. The van der Waals surface area contributed by atoms with E-state index in [0.29, 0.717) is 42.4 Å². The Balaban J connectivity index is 1.56. The van der Waals surface area contributed by atoms with Crippen molar-refractivity contribution in [1.82, 2.24) is 4.90 Å². The second kappa shape index (κ2) is 8.81. The molecule has 0 unspecified atom stereocenters. The predicted octanol–water partition coefficient (Wildman–Crippen LogP) is 2.83. The van der Waals surface area contributed by atoms with Crippen molar-refractivity contribution in [1.29, 1.82) is 0 Å². The summed E-state index contributed by atoms with van der Waals surface area (Å²) >= 11 is 6.05. The van der Waals surface area contributed by atoms with E-state index in [1.165, 1.54) is 4.90 Å². The van der Waals surface area contributed by atoms with Gasteiger partial charge < -0.3 is 15.4 Å². The van der Waals surface area contributed by atoms with E-state index in [9.17, 15) is 14.4 Å². The molecule has 1 saturated heterocycles. The van der Waals surface area contributed by atoms with E-state index in [0.717, 1.165) is 5.56 Å². The maximum Gasteiger partial charge on any atom is 0.294 e. The molecule has 0 aromatic heterocycles. The van der Waals surface area contributed by atoms with Crippen molar-refractivity contribution >= 4 is 41.1 Å². The predicted molar refractivity (Wildman–Crippen MR) is 117 cm³/mol. The lowest BCUT2D eigenvalue weighted by atomic mass is 9.96. The van der Waals surface area contributed by atoms with Crippen LogP contribution in [0.5, 0.6) is 5.75 Å². The summed E-state index contributed by atoms with van der Waals surface area (Å²) in [5.41, 5.74) is 6.63. The molecular weight excluding hydrogens is 418 g/mol. The third-order valence-corrected chi connectivity index (χ3v) is 5.76. The van der Waals surface area contributed by atoms with E-state index >= 15 is 0 Å². The summed E-state index contributed by atoms with van der Waals surface area (Å²) in [7, 11) is 0. The Hall–Kier alpha value is -3.32. The Bertz CT molecular complexity index is 1060. The summed E-state index contributed by atoms with van der Waals surface area (Å²) in [4.78, 5) is 40.6. The molecule has 31 heavy (non-hydrogen) atoms. The molecule has 7 nitrogen and oxygen atoms in total. The molecule has 1 fully saturated rings. The maximum absolute atomic E-state index is 13.2. The molecule has 0 spiro atoms. The highest BCUT2D eigenvalue weighted by molar-refractivity contribution is 6.30. The lowest BCUT2D eigenvalue weighted by Gasteiger charge is -2.34. The molecule has 4 rings (SSSR count). The highest BCUT2D eigenvalue weighted by Gasteiger charge is 2.34. The number of nitrogens with two attached hydrogens (primary N) is 1. The van der Waals surface area contributed by atoms with Crippen molar-refractivity contribution < 1.29 is 19.1 Å². The molecule has 0 bridgehead atoms. The topological polar surface area (TPSA) is 92.9 Å². The van der Waals surface area contributed by atoms with E-state index in [4.69, 9.17) is 22.1 Å². The van der Waals surface area contributed by atoms with Gasteiger partial charge in [-0.1, -0.05) is 35.9 Å². The highest BCUT2D eigenvalue weighted by Crippen LogP contribution is 2.35. The first kappa shape index (κ1) is 20.9.